The maximum absolute atomic E-state index is 12.2. The van der Waals surface area contributed by atoms with E-state index >= 15 is 0 Å². The van der Waals surface area contributed by atoms with Crippen molar-refractivity contribution in [3.8, 4) is 5.75 Å². The Morgan fingerprint density at radius 3 is 2.34 bits per heavy atom. The van der Waals surface area contributed by atoms with E-state index in [1.54, 1.807) is 19.1 Å². The first-order valence-electron chi connectivity index (χ1n) is 10.6. The topological polar surface area (TPSA) is 58.6 Å². The zero-order valence-electron chi connectivity index (χ0n) is 17.9. The fourth-order valence-electron chi connectivity index (χ4n) is 4.23. The summed E-state index contributed by atoms with van der Waals surface area (Å²) in [4.78, 5) is 26.4. The number of rotatable bonds is 6. The van der Waals surface area contributed by atoms with E-state index in [1.807, 2.05) is 18.2 Å². The fourth-order valence-corrected chi connectivity index (χ4v) is 4.62. The zero-order chi connectivity index (χ0) is 22.0. The van der Waals surface area contributed by atoms with Gasteiger partial charge in [-0.3, -0.25) is 14.5 Å². The highest BCUT2D eigenvalue weighted by Gasteiger charge is 2.37. The van der Waals surface area contributed by atoms with Crippen LogP contribution in [0.4, 0.5) is 0 Å². The Hall–Kier alpha value is -1.79. The summed E-state index contributed by atoms with van der Waals surface area (Å²) in [6.07, 6.45) is 3.30. The molecule has 1 saturated heterocycles. The van der Waals surface area contributed by atoms with Crippen LogP contribution in [0.15, 0.2) is 42.5 Å². The minimum atomic E-state index is -0.386. The number of halogens is 3. The van der Waals surface area contributed by atoms with Gasteiger partial charge in [-0.15, -0.1) is 12.4 Å². The van der Waals surface area contributed by atoms with E-state index in [0.29, 0.717) is 22.3 Å². The van der Waals surface area contributed by atoms with Crippen LogP contribution in [0.2, 0.25) is 10.0 Å². The van der Waals surface area contributed by atoms with Gasteiger partial charge in [-0.1, -0.05) is 53.5 Å². The highest BCUT2D eigenvalue weighted by molar-refractivity contribution is 6.42. The zero-order valence-corrected chi connectivity index (χ0v) is 20.2. The van der Waals surface area contributed by atoms with Crippen molar-refractivity contribution in [3.63, 3.8) is 0 Å². The van der Waals surface area contributed by atoms with Gasteiger partial charge in [-0.25, -0.2) is 0 Å². The second-order valence-electron chi connectivity index (χ2n) is 8.44. The van der Waals surface area contributed by atoms with E-state index in [0.717, 1.165) is 49.9 Å². The van der Waals surface area contributed by atoms with Gasteiger partial charge in [-0.05, 0) is 43.4 Å². The molecule has 1 N–H and O–H groups in total. The Bertz CT molecular complexity index is 972. The summed E-state index contributed by atoms with van der Waals surface area (Å²) >= 11 is 12.8. The van der Waals surface area contributed by atoms with Gasteiger partial charge in [0, 0.05) is 32.1 Å². The van der Waals surface area contributed by atoms with Gasteiger partial charge >= 0.3 is 5.97 Å². The van der Waals surface area contributed by atoms with Crippen LogP contribution >= 0.6 is 35.6 Å². The normalized spacial score (nSPS) is 17.8. The van der Waals surface area contributed by atoms with E-state index in [1.165, 1.54) is 0 Å². The Balaban J connectivity index is 0.00000289. The highest BCUT2D eigenvalue weighted by Crippen LogP contribution is 2.38. The second kappa shape index (κ2) is 10.4. The predicted molar refractivity (Wildman–Crippen MR) is 129 cm³/mol. The number of piperidine rings is 1. The van der Waals surface area contributed by atoms with Gasteiger partial charge in [0.1, 0.15) is 5.75 Å². The molecule has 0 radical (unpaired) electrons. The maximum atomic E-state index is 12.2. The van der Waals surface area contributed by atoms with Crippen LogP contribution in [0.5, 0.6) is 5.75 Å². The first-order valence-corrected chi connectivity index (χ1v) is 11.4. The van der Waals surface area contributed by atoms with Crippen molar-refractivity contribution in [3.05, 3.63) is 63.6 Å². The number of nitrogens with zero attached hydrogens (tertiary/aromatic N) is 1. The predicted octanol–water partition coefficient (Wildman–Crippen LogP) is 5.36. The number of benzene rings is 2. The first kappa shape index (κ1) is 24.8. The number of nitrogens with one attached hydrogen (secondary N) is 1. The third-order valence-electron chi connectivity index (χ3n) is 6.11. The summed E-state index contributed by atoms with van der Waals surface area (Å²) in [5.41, 5.74) is 1.46. The number of hydrogen-bond donors (Lipinski definition) is 1. The summed E-state index contributed by atoms with van der Waals surface area (Å²) in [7, 11) is 0. The summed E-state index contributed by atoms with van der Waals surface area (Å²) in [5.74, 6) is 0.242. The van der Waals surface area contributed by atoms with E-state index in [4.69, 9.17) is 27.9 Å². The third-order valence-corrected chi connectivity index (χ3v) is 6.95. The van der Waals surface area contributed by atoms with Gasteiger partial charge in [0.2, 0.25) is 5.91 Å². The van der Waals surface area contributed by atoms with Crippen LogP contribution in [-0.4, -0.2) is 29.9 Å². The molecular weight excluding hydrogens is 471 g/mol. The van der Waals surface area contributed by atoms with Gasteiger partial charge in [0.25, 0.3) is 0 Å². The van der Waals surface area contributed by atoms with Crippen molar-refractivity contribution in [2.45, 2.75) is 44.7 Å². The third kappa shape index (κ3) is 5.57. The molecule has 1 amide bonds. The van der Waals surface area contributed by atoms with Crippen molar-refractivity contribution in [2.24, 2.45) is 5.92 Å². The number of likely N-dealkylation sites (tertiary alicyclic amines) is 1. The lowest BCUT2D eigenvalue weighted by atomic mass is 9.80. The van der Waals surface area contributed by atoms with Gasteiger partial charge in [0.15, 0.2) is 0 Å². The van der Waals surface area contributed by atoms with Gasteiger partial charge in [-0.2, -0.15) is 0 Å². The standard InChI is InChI=1S/C24H26Cl2N2O3.ClH/c1-16(29)27-24(18-5-3-2-4-6-18)11-13-28(14-12-24)15-19-21(10-9-20(25)22(19)26)31-23(30)17-7-8-17;/h2-6,9-10,17H,7-8,11-15H2,1H3,(H,27,29);1H. The van der Waals surface area contributed by atoms with Crippen molar-refractivity contribution in [1.82, 2.24) is 10.2 Å². The van der Waals surface area contributed by atoms with Gasteiger partial charge < -0.3 is 10.1 Å². The van der Waals surface area contributed by atoms with Crippen molar-refractivity contribution >= 4 is 47.5 Å². The summed E-state index contributed by atoms with van der Waals surface area (Å²) in [6.45, 7) is 3.60. The molecule has 1 aliphatic carbocycles. The Morgan fingerprint density at radius 2 is 1.75 bits per heavy atom. The molecule has 0 atom stereocenters. The highest BCUT2D eigenvalue weighted by atomic mass is 35.5. The lowest BCUT2D eigenvalue weighted by Crippen LogP contribution is -2.52. The van der Waals surface area contributed by atoms with Crippen LogP contribution in [-0.2, 0) is 21.7 Å². The monoisotopic (exact) mass is 496 g/mol. The van der Waals surface area contributed by atoms with Crippen LogP contribution in [0, 0.1) is 5.92 Å². The van der Waals surface area contributed by atoms with Gasteiger partial charge in [0.05, 0.1) is 21.5 Å². The average Bonchev–Trinajstić information content (AvgIpc) is 3.60. The molecule has 2 aromatic rings. The summed E-state index contributed by atoms with van der Waals surface area (Å²) in [5, 5.41) is 4.05. The molecule has 8 heteroatoms. The SMILES string of the molecule is CC(=O)NC1(c2ccccc2)CCN(Cc2c(OC(=O)C3CC3)ccc(Cl)c2Cl)CC1.Cl. The second-order valence-corrected chi connectivity index (χ2v) is 9.22. The molecule has 0 spiro atoms. The number of ether oxygens (including phenoxy) is 1. The van der Waals surface area contributed by atoms with Crippen molar-refractivity contribution in [2.75, 3.05) is 13.1 Å². The van der Waals surface area contributed by atoms with E-state index < -0.39 is 0 Å². The molecule has 1 saturated carbocycles. The minimum absolute atomic E-state index is 0. The van der Waals surface area contributed by atoms with E-state index in [2.05, 4.69) is 22.3 Å². The number of hydrogen-bond acceptors (Lipinski definition) is 4. The first-order chi connectivity index (χ1) is 14.9. The van der Waals surface area contributed by atoms with Crippen LogP contribution in [0.1, 0.15) is 43.7 Å². The maximum Gasteiger partial charge on any atom is 0.314 e. The number of amides is 1. The largest absolute Gasteiger partial charge is 0.426 e. The van der Waals surface area contributed by atoms with E-state index in [9.17, 15) is 9.59 Å². The minimum Gasteiger partial charge on any atom is -0.426 e. The average molecular weight is 498 g/mol. The molecule has 1 heterocycles. The Kier molecular flexibility index (Phi) is 8.10. The molecule has 2 aromatic carbocycles. The molecule has 5 nitrogen and oxygen atoms in total. The van der Waals surface area contributed by atoms with Crippen LogP contribution < -0.4 is 10.1 Å². The molecule has 0 aromatic heterocycles. The van der Waals surface area contributed by atoms with Crippen LogP contribution in [0.3, 0.4) is 0 Å². The number of esters is 1. The quantitative estimate of drug-likeness (QED) is 0.431. The molecule has 0 unspecified atom stereocenters. The van der Waals surface area contributed by atoms with E-state index in [-0.39, 0.29) is 35.7 Å². The molecule has 1 aliphatic heterocycles. The number of carbonyl (C=O) groups excluding carboxylic acids is 2. The summed E-state index contributed by atoms with van der Waals surface area (Å²) < 4.78 is 5.64. The Labute approximate surface area is 204 Å². The molecule has 2 fully saturated rings. The fraction of sp³-hybridized carbons (Fsp3) is 0.417. The van der Waals surface area contributed by atoms with Crippen molar-refractivity contribution < 1.29 is 14.3 Å². The number of carbonyl (C=O) groups is 2. The van der Waals surface area contributed by atoms with Crippen LogP contribution in [0.25, 0.3) is 0 Å². The lowest BCUT2D eigenvalue weighted by molar-refractivity contribution is -0.135. The smallest absolute Gasteiger partial charge is 0.314 e. The van der Waals surface area contributed by atoms with Crippen molar-refractivity contribution in [1.29, 1.82) is 0 Å². The molecule has 4 rings (SSSR count). The molecule has 0 bridgehead atoms. The molecular formula is C24H27Cl3N2O3. The lowest BCUT2D eigenvalue weighted by Gasteiger charge is -2.43. The summed E-state index contributed by atoms with van der Waals surface area (Å²) in [6, 6.07) is 13.5. The Morgan fingerprint density at radius 1 is 1.09 bits per heavy atom. The molecule has 172 valence electrons. The molecule has 2 aliphatic rings. The molecule has 32 heavy (non-hydrogen) atoms.